The molecule has 2 aromatic rings. The molecule has 1 fully saturated rings. The minimum atomic E-state index is 0.0826. The normalized spacial score (nSPS) is 15.8. The number of hydrogen-bond donors (Lipinski definition) is 1. The van der Waals surface area contributed by atoms with E-state index in [4.69, 9.17) is 0 Å². The van der Waals surface area contributed by atoms with E-state index in [-0.39, 0.29) is 11.8 Å². The van der Waals surface area contributed by atoms with Crippen molar-refractivity contribution >= 4 is 33.2 Å². The van der Waals surface area contributed by atoms with Gasteiger partial charge in [-0.15, -0.1) is 10.2 Å². The van der Waals surface area contributed by atoms with E-state index >= 15 is 0 Å². The fourth-order valence-corrected chi connectivity index (χ4v) is 2.35. The highest BCUT2D eigenvalue weighted by Crippen LogP contribution is 2.28. The molecule has 0 spiro atoms. The van der Waals surface area contributed by atoms with Crippen LogP contribution in [0.15, 0.2) is 23.1 Å². The number of amides is 1. The number of anilines is 1. The van der Waals surface area contributed by atoms with Crippen LogP contribution in [0.5, 0.6) is 0 Å². The Hall–Kier alpha value is -1.43. The van der Waals surface area contributed by atoms with Crippen molar-refractivity contribution < 1.29 is 4.79 Å². The number of hydrogen-bond acceptors (Lipinski definition) is 3. The van der Waals surface area contributed by atoms with E-state index in [2.05, 4.69) is 31.4 Å². The highest BCUT2D eigenvalue weighted by molar-refractivity contribution is 9.10. The minimum absolute atomic E-state index is 0.0826. The van der Waals surface area contributed by atoms with Gasteiger partial charge in [0.25, 0.3) is 0 Å². The summed E-state index contributed by atoms with van der Waals surface area (Å²) in [6, 6.07) is 1.85. The van der Waals surface area contributed by atoms with Crippen molar-refractivity contribution in [2.75, 3.05) is 5.32 Å². The van der Waals surface area contributed by atoms with Gasteiger partial charge in [-0.1, -0.05) is 6.42 Å². The van der Waals surface area contributed by atoms with Crippen molar-refractivity contribution in [3.63, 3.8) is 0 Å². The average molecular weight is 295 g/mol. The Morgan fingerprint density at radius 3 is 3.06 bits per heavy atom. The van der Waals surface area contributed by atoms with E-state index in [1.807, 2.05) is 12.3 Å². The van der Waals surface area contributed by atoms with Crippen LogP contribution in [-0.2, 0) is 4.79 Å². The standard InChI is InChI=1S/C11H11BrN4O/c12-8-4-9(10-15-13-6-16(10)5-8)14-11(17)7-2-1-3-7/h4-7H,1-3H2,(H,14,17). The second kappa shape index (κ2) is 4.10. The molecule has 2 heterocycles. The predicted octanol–water partition coefficient (Wildman–Crippen LogP) is 2.23. The molecule has 1 aliphatic rings. The molecule has 0 unspecified atom stereocenters. The van der Waals surface area contributed by atoms with Crippen molar-refractivity contribution in [2.24, 2.45) is 5.92 Å². The molecule has 0 atom stereocenters. The predicted molar refractivity (Wildman–Crippen MR) is 66.7 cm³/mol. The van der Waals surface area contributed by atoms with Gasteiger partial charge in [0.1, 0.15) is 6.33 Å². The van der Waals surface area contributed by atoms with Gasteiger partial charge in [-0.3, -0.25) is 9.20 Å². The summed E-state index contributed by atoms with van der Waals surface area (Å²) in [6.45, 7) is 0. The minimum Gasteiger partial charge on any atom is -0.323 e. The third kappa shape index (κ3) is 1.93. The fraction of sp³-hybridized carbons (Fsp3) is 0.364. The summed E-state index contributed by atoms with van der Waals surface area (Å²) in [5.41, 5.74) is 1.37. The lowest BCUT2D eigenvalue weighted by Crippen LogP contribution is -2.28. The lowest BCUT2D eigenvalue weighted by Gasteiger charge is -2.24. The van der Waals surface area contributed by atoms with Crippen LogP contribution in [-0.4, -0.2) is 20.5 Å². The molecule has 88 valence electrons. The van der Waals surface area contributed by atoms with Crippen LogP contribution < -0.4 is 5.32 Å². The van der Waals surface area contributed by atoms with Crippen LogP contribution in [0.3, 0.4) is 0 Å². The molecule has 6 heteroatoms. The van der Waals surface area contributed by atoms with Gasteiger partial charge < -0.3 is 5.32 Å². The molecule has 0 saturated heterocycles. The number of aromatic nitrogens is 3. The van der Waals surface area contributed by atoms with Crippen molar-refractivity contribution in [1.29, 1.82) is 0 Å². The molecule has 1 saturated carbocycles. The maximum atomic E-state index is 11.9. The van der Waals surface area contributed by atoms with E-state index in [0.717, 1.165) is 23.7 Å². The summed E-state index contributed by atoms with van der Waals surface area (Å²) in [5.74, 6) is 0.246. The average Bonchev–Trinajstić information content (AvgIpc) is 2.62. The van der Waals surface area contributed by atoms with E-state index in [1.54, 1.807) is 10.7 Å². The number of fused-ring (bicyclic) bond motifs is 1. The maximum absolute atomic E-state index is 11.9. The van der Waals surface area contributed by atoms with Crippen LogP contribution in [0.25, 0.3) is 5.65 Å². The van der Waals surface area contributed by atoms with Crippen LogP contribution in [0, 0.1) is 5.92 Å². The number of halogens is 1. The second-order valence-corrected chi connectivity index (χ2v) is 5.17. The third-order valence-electron chi connectivity index (χ3n) is 3.09. The highest BCUT2D eigenvalue weighted by Gasteiger charge is 2.25. The molecule has 0 aromatic carbocycles. The lowest BCUT2D eigenvalue weighted by atomic mass is 9.85. The molecule has 2 aromatic heterocycles. The molecule has 17 heavy (non-hydrogen) atoms. The Kier molecular flexibility index (Phi) is 2.58. The maximum Gasteiger partial charge on any atom is 0.227 e. The zero-order chi connectivity index (χ0) is 11.8. The Labute approximate surface area is 106 Å². The van der Waals surface area contributed by atoms with Crippen molar-refractivity contribution in [1.82, 2.24) is 14.6 Å². The SMILES string of the molecule is O=C(Nc1cc(Br)cn2cnnc12)C1CCC1. The summed E-state index contributed by atoms with van der Waals surface area (Å²) >= 11 is 3.40. The zero-order valence-corrected chi connectivity index (χ0v) is 10.6. The van der Waals surface area contributed by atoms with E-state index in [0.29, 0.717) is 11.3 Å². The van der Waals surface area contributed by atoms with Gasteiger partial charge in [0.2, 0.25) is 5.91 Å². The van der Waals surface area contributed by atoms with Crippen LogP contribution >= 0.6 is 15.9 Å². The van der Waals surface area contributed by atoms with Gasteiger partial charge in [-0.2, -0.15) is 0 Å². The molecule has 0 radical (unpaired) electrons. The van der Waals surface area contributed by atoms with E-state index in [9.17, 15) is 4.79 Å². The molecule has 1 aliphatic carbocycles. The Morgan fingerprint density at radius 2 is 2.35 bits per heavy atom. The first-order valence-corrected chi connectivity index (χ1v) is 6.33. The van der Waals surface area contributed by atoms with Gasteiger partial charge in [0.15, 0.2) is 5.65 Å². The van der Waals surface area contributed by atoms with Crippen LogP contribution in [0.2, 0.25) is 0 Å². The van der Waals surface area contributed by atoms with Crippen molar-refractivity contribution in [2.45, 2.75) is 19.3 Å². The molecule has 3 rings (SSSR count). The summed E-state index contributed by atoms with van der Waals surface area (Å²) in [4.78, 5) is 11.9. The van der Waals surface area contributed by atoms with Crippen LogP contribution in [0.1, 0.15) is 19.3 Å². The molecule has 0 bridgehead atoms. The molecule has 1 amide bonds. The molecule has 5 nitrogen and oxygen atoms in total. The first-order chi connectivity index (χ1) is 8.24. The monoisotopic (exact) mass is 294 g/mol. The topological polar surface area (TPSA) is 59.3 Å². The largest absolute Gasteiger partial charge is 0.323 e. The fourth-order valence-electron chi connectivity index (χ4n) is 1.90. The molecular formula is C11H11BrN4O. The number of rotatable bonds is 2. The first-order valence-electron chi connectivity index (χ1n) is 5.54. The first kappa shape index (κ1) is 10.7. The quantitative estimate of drug-likeness (QED) is 0.924. The second-order valence-electron chi connectivity index (χ2n) is 4.25. The van der Waals surface area contributed by atoms with Gasteiger partial charge in [0, 0.05) is 16.6 Å². The number of nitrogens with zero attached hydrogens (tertiary/aromatic N) is 3. The third-order valence-corrected chi connectivity index (χ3v) is 3.53. The number of pyridine rings is 1. The van der Waals surface area contributed by atoms with Gasteiger partial charge in [0.05, 0.1) is 5.69 Å². The van der Waals surface area contributed by atoms with Crippen LogP contribution in [0.4, 0.5) is 5.69 Å². The van der Waals surface area contributed by atoms with E-state index < -0.39 is 0 Å². The van der Waals surface area contributed by atoms with Crippen molar-refractivity contribution in [3.8, 4) is 0 Å². The Morgan fingerprint density at radius 1 is 1.53 bits per heavy atom. The van der Waals surface area contributed by atoms with E-state index in [1.165, 1.54) is 0 Å². The summed E-state index contributed by atoms with van der Waals surface area (Å²) in [5, 5.41) is 10.7. The lowest BCUT2D eigenvalue weighted by molar-refractivity contribution is -0.122. The molecular weight excluding hydrogens is 284 g/mol. The number of carbonyl (C=O) groups excluding carboxylic acids is 1. The highest BCUT2D eigenvalue weighted by atomic mass is 79.9. The summed E-state index contributed by atoms with van der Waals surface area (Å²) in [6.07, 6.45) is 6.59. The smallest absolute Gasteiger partial charge is 0.227 e. The Balaban J connectivity index is 1.93. The zero-order valence-electron chi connectivity index (χ0n) is 9.06. The number of nitrogens with one attached hydrogen (secondary N) is 1. The molecule has 0 aliphatic heterocycles. The number of carbonyl (C=O) groups is 1. The summed E-state index contributed by atoms with van der Waals surface area (Å²) in [7, 11) is 0. The Bertz CT molecular complexity index is 576. The van der Waals surface area contributed by atoms with Gasteiger partial charge in [-0.05, 0) is 34.8 Å². The van der Waals surface area contributed by atoms with Gasteiger partial charge in [-0.25, -0.2) is 0 Å². The summed E-state index contributed by atoms with van der Waals surface area (Å²) < 4.78 is 2.66. The van der Waals surface area contributed by atoms with Gasteiger partial charge >= 0.3 is 0 Å². The molecule has 1 N–H and O–H groups in total. The van der Waals surface area contributed by atoms with Crippen molar-refractivity contribution in [3.05, 3.63) is 23.1 Å².